The highest BCUT2D eigenvalue weighted by molar-refractivity contribution is 9.10. The minimum atomic E-state index is 0.924. The van der Waals surface area contributed by atoms with Gasteiger partial charge in [0, 0.05) is 4.70 Å². The molecular formula is C11H11BrOS. The summed E-state index contributed by atoms with van der Waals surface area (Å²) < 4.78 is 7.78. The van der Waals surface area contributed by atoms with E-state index in [9.17, 15) is 0 Å². The molecule has 1 heterocycles. The van der Waals surface area contributed by atoms with E-state index in [1.165, 1.54) is 15.6 Å². The van der Waals surface area contributed by atoms with Crippen LogP contribution < -0.4 is 4.74 Å². The molecule has 0 bridgehead atoms. The van der Waals surface area contributed by atoms with Crippen LogP contribution in [0.5, 0.6) is 5.75 Å². The first-order valence-electron chi connectivity index (χ1n) is 4.50. The summed E-state index contributed by atoms with van der Waals surface area (Å²) in [5.74, 6) is 0.924. The normalized spacial score (nSPS) is 10.8. The van der Waals surface area contributed by atoms with Crippen molar-refractivity contribution in [1.29, 1.82) is 0 Å². The van der Waals surface area contributed by atoms with Crippen LogP contribution in [0.25, 0.3) is 10.1 Å². The maximum atomic E-state index is 5.32. The molecule has 2 rings (SSSR count). The molecular weight excluding hydrogens is 260 g/mol. The van der Waals surface area contributed by atoms with Gasteiger partial charge in [0.15, 0.2) is 0 Å². The molecule has 1 aromatic heterocycles. The molecule has 0 saturated carbocycles. The summed E-state index contributed by atoms with van der Waals surface area (Å²) in [4.78, 5) is 0. The predicted octanol–water partition coefficient (Wildman–Crippen LogP) is 4.23. The lowest BCUT2D eigenvalue weighted by Crippen LogP contribution is -1.89. The van der Waals surface area contributed by atoms with Gasteiger partial charge in [0.25, 0.3) is 0 Å². The summed E-state index contributed by atoms with van der Waals surface area (Å²) in [5, 5.41) is 3.39. The predicted molar refractivity (Wildman–Crippen MR) is 65.5 cm³/mol. The van der Waals surface area contributed by atoms with E-state index in [1.807, 2.05) is 0 Å². The zero-order valence-electron chi connectivity index (χ0n) is 8.13. The molecule has 2 aromatic rings. The monoisotopic (exact) mass is 270 g/mol. The number of thiophene rings is 1. The third-order valence-corrected chi connectivity index (χ3v) is 4.17. The van der Waals surface area contributed by atoms with E-state index >= 15 is 0 Å². The van der Waals surface area contributed by atoms with Gasteiger partial charge in [0.05, 0.1) is 11.6 Å². The van der Waals surface area contributed by atoms with Gasteiger partial charge in [-0.25, -0.2) is 0 Å². The van der Waals surface area contributed by atoms with Crippen LogP contribution in [0.4, 0.5) is 0 Å². The van der Waals surface area contributed by atoms with E-state index < -0.39 is 0 Å². The summed E-state index contributed by atoms with van der Waals surface area (Å²) in [5.41, 5.74) is 1.34. The van der Waals surface area contributed by atoms with Crippen LogP contribution in [-0.4, -0.2) is 7.11 Å². The third-order valence-electron chi connectivity index (χ3n) is 2.31. The molecule has 3 heteroatoms. The Balaban J connectivity index is 2.80. The standard InChI is InChI=1S/C11H11BrOS/c1-3-8-10(12)9(13-2)6-7-4-5-14-11(7)8/h4-6H,3H2,1-2H3. The molecule has 0 N–H and O–H groups in total. The van der Waals surface area contributed by atoms with Gasteiger partial charge in [-0.15, -0.1) is 11.3 Å². The average Bonchev–Trinajstić information content (AvgIpc) is 2.64. The van der Waals surface area contributed by atoms with Gasteiger partial charge in [0.1, 0.15) is 5.75 Å². The largest absolute Gasteiger partial charge is 0.496 e. The molecule has 0 amide bonds. The molecule has 0 fully saturated rings. The first-order chi connectivity index (χ1) is 6.77. The lowest BCUT2D eigenvalue weighted by atomic mass is 10.1. The van der Waals surface area contributed by atoms with E-state index in [0.29, 0.717) is 0 Å². The number of halogens is 1. The van der Waals surface area contributed by atoms with Gasteiger partial charge in [-0.2, -0.15) is 0 Å². The number of benzene rings is 1. The number of aryl methyl sites for hydroxylation is 1. The topological polar surface area (TPSA) is 9.23 Å². The molecule has 0 saturated heterocycles. The van der Waals surface area contributed by atoms with E-state index in [0.717, 1.165) is 16.6 Å². The highest BCUT2D eigenvalue weighted by atomic mass is 79.9. The van der Waals surface area contributed by atoms with Crippen LogP contribution in [0.2, 0.25) is 0 Å². The molecule has 0 aliphatic rings. The number of methoxy groups -OCH3 is 1. The fraction of sp³-hybridized carbons (Fsp3) is 0.273. The van der Waals surface area contributed by atoms with Crippen LogP contribution in [0, 0.1) is 0 Å². The van der Waals surface area contributed by atoms with E-state index in [2.05, 4.69) is 40.4 Å². The Labute approximate surface area is 95.8 Å². The maximum Gasteiger partial charge on any atom is 0.134 e. The molecule has 0 aliphatic heterocycles. The van der Waals surface area contributed by atoms with Crippen molar-refractivity contribution in [1.82, 2.24) is 0 Å². The van der Waals surface area contributed by atoms with Crippen LogP contribution in [0.15, 0.2) is 22.0 Å². The Morgan fingerprint density at radius 3 is 2.93 bits per heavy atom. The lowest BCUT2D eigenvalue weighted by Gasteiger charge is -2.08. The molecule has 74 valence electrons. The van der Waals surface area contributed by atoms with Crippen molar-refractivity contribution < 1.29 is 4.74 Å². The highest BCUT2D eigenvalue weighted by Crippen LogP contribution is 2.37. The van der Waals surface area contributed by atoms with Gasteiger partial charge in [-0.3, -0.25) is 0 Å². The summed E-state index contributed by atoms with van der Waals surface area (Å²) in [6.07, 6.45) is 1.02. The number of ether oxygens (including phenoxy) is 1. The van der Waals surface area contributed by atoms with Gasteiger partial charge in [-0.05, 0) is 50.8 Å². The zero-order valence-corrected chi connectivity index (χ0v) is 10.5. The Morgan fingerprint density at radius 1 is 1.50 bits per heavy atom. The minimum absolute atomic E-state index is 0.924. The Hall–Kier alpha value is -0.540. The molecule has 0 atom stereocenters. The van der Waals surface area contributed by atoms with Crippen LogP contribution in [0.1, 0.15) is 12.5 Å². The molecule has 0 aliphatic carbocycles. The fourth-order valence-electron chi connectivity index (χ4n) is 1.60. The Bertz CT molecular complexity index is 462. The first-order valence-corrected chi connectivity index (χ1v) is 6.17. The van der Waals surface area contributed by atoms with Crippen LogP contribution in [0.3, 0.4) is 0 Å². The van der Waals surface area contributed by atoms with E-state index in [1.54, 1.807) is 18.4 Å². The maximum absolute atomic E-state index is 5.32. The number of fused-ring (bicyclic) bond motifs is 1. The van der Waals surface area contributed by atoms with E-state index in [-0.39, 0.29) is 0 Å². The second-order valence-electron chi connectivity index (χ2n) is 3.06. The highest BCUT2D eigenvalue weighted by Gasteiger charge is 2.10. The fourth-order valence-corrected chi connectivity index (χ4v) is 3.48. The summed E-state index contributed by atoms with van der Waals surface area (Å²) in [7, 11) is 1.71. The second-order valence-corrected chi connectivity index (χ2v) is 4.77. The van der Waals surface area contributed by atoms with Gasteiger partial charge in [-0.1, -0.05) is 6.92 Å². The lowest BCUT2D eigenvalue weighted by molar-refractivity contribution is 0.412. The summed E-state index contributed by atoms with van der Waals surface area (Å²) in [6, 6.07) is 4.21. The van der Waals surface area contributed by atoms with Crippen molar-refractivity contribution in [3.8, 4) is 5.75 Å². The molecule has 0 spiro atoms. The molecule has 14 heavy (non-hydrogen) atoms. The van der Waals surface area contributed by atoms with Crippen LogP contribution in [-0.2, 0) is 6.42 Å². The van der Waals surface area contributed by atoms with Crippen molar-refractivity contribution in [2.75, 3.05) is 7.11 Å². The molecule has 0 radical (unpaired) electrons. The number of hydrogen-bond acceptors (Lipinski definition) is 2. The van der Waals surface area contributed by atoms with Crippen molar-refractivity contribution in [2.24, 2.45) is 0 Å². The van der Waals surface area contributed by atoms with Crippen molar-refractivity contribution >= 4 is 37.4 Å². The third kappa shape index (κ3) is 1.44. The Morgan fingerprint density at radius 2 is 2.29 bits per heavy atom. The quantitative estimate of drug-likeness (QED) is 0.794. The van der Waals surface area contributed by atoms with Gasteiger partial charge in [0.2, 0.25) is 0 Å². The van der Waals surface area contributed by atoms with Gasteiger partial charge < -0.3 is 4.74 Å². The molecule has 1 nitrogen and oxygen atoms in total. The van der Waals surface area contributed by atoms with Crippen molar-refractivity contribution in [3.63, 3.8) is 0 Å². The SMILES string of the molecule is CCc1c(Br)c(OC)cc2ccsc12. The summed E-state index contributed by atoms with van der Waals surface area (Å²) >= 11 is 5.38. The minimum Gasteiger partial charge on any atom is -0.496 e. The van der Waals surface area contributed by atoms with Crippen molar-refractivity contribution in [3.05, 3.63) is 27.5 Å². The van der Waals surface area contributed by atoms with Gasteiger partial charge >= 0.3 is 0 Å². The number of hydrogen-bond donors (Lipinski definition) is 0. The van der Waals surface area contributed by atoms with E-state index in [4.69, 9.17) is 4.74 Å². The molecule has 1 aromatic carbocycles. The Kier molecular flexibility index (Phi) is 2.79. The second kappa shape index (κ2) is 3.91. The zero-order chi connectivity index (χ0) is 10.1. The number of rotatable bonds is 2. The first kappa shape index (κ1) is 9.99. The van der Waals surface area contributed by atoms with Crippen LogP contribution >= 0.6 is 27.3 Å². The summed E-state index contributed by atoms with van der Waals surface area (Å²) in [6.45, 7) is 2.17. The smallest absolute Gasteiger partial charge is 0.134 e. The average molecular weight is 271 g/mol. The molecule has 0 unspecified atom stereocenters. The van der Waals surface area contributed by atoms with Crippen molar-refractivity contribution in [2.45, 2.75) is 13.3 Å².